The van der Waals surface area contributed by atoms with Crippen molar-refractivity contribution in [3.8, 4) is 0 Å². The Morgan fingerprint density at radius 1 is 1.30 bits per heavy atom. The van der Waals surface area contributed by atoms with Crippen LogP contribution in [0.4, 0.5) is 0 Å². The van der Waals surface area contributed by atoms with Gasteiger partial charge in [0.1, 0.15) is 12.6 Å². The Kier molecular flexibility index (Phi) is 9.23. The lowest BCUT2D eigenvalue weighted by Crippen LogP contribution is -2.50. The number of thioether (sulfide) groups is 1. The second kappa shape index (κ2) is 10.0. The number of carbonyl (C=O) groups is 3. The van der Waals surface area contributed by atoms with Crippen molar-refractivity contribution in [2.45, 2.75) is 40.2 Å². The lowest BCUT2D eigenvalue weighted by atomic mass is 9.93. The Balaban J connectivity index is 4.83. The summed E-state index contributed by atoms with van der Waals surface area (Å²) in [6, 6.07) is -1.02. The van der Waals surface area contributed by atoms with Crippen molar-refractivity contribution in [1.29, 1.82) is 0 Å². The zero-order valence-electron chi connectivity index (χ0n) is 13.6. The number of nitrogens with zero attached hydrogens (tertiary/aromatic N) is 1. The summed E-state index contributed by atoms with van der Waals surface area (Å²) in [5.74, 6) is -1.24. The van der Waals surface area contributed by atoms with E-state index in [4.69, 9.17) is 4.74 Å². The summed E-state index contributed by atoms with van der Waals surface area (Å²) in [6.45, 7) is 5.87. The first-order valence-corrected chi connectivity index (χ1v) is 8.03. The molecule has 0 spiro atoms. The molecule has 0 unspecified atom stereocenters. The van der Waals surface area contributed by atoms with E-state index in [0.717, 1.165) is 11.8 Å². The molecule has 1 atom stereocenters. The van der Waals surface area contributed by atoms with Crippen LogP contribution in [0.25, 0.3) is 0 Å². The van der Waals surface area contributed by atoms with Gasteiger partial charge in [-0.15, -0.1) is 10.1 Å². The van der Waals surface area contributed by atoms with Crippen molar-refractivity contribution >= 4 is 28.8 Å². The summed E-state index contributed by atoms with van der Waals surface area (Å²) in [5.41, 5.74) is -1.22. The minimum Gasteiger partial charge on any atom is -0.464 e. The summed E-state index contributed by atoms with van der Waals surface area (Å²) in [5, 5.41) is 11.6. The van der Waals surface area contributed by atoms with Gasteiger partial charge in [0.25, 0.3) is 5.09 Å². The lowest BCUT2D eigenvalue weighted by molar-refractivity contribution is -0.760. The highest BCUT2D eigenvalue weighted by Crippen LogP contribution is 2.17. The van der Waals surface area contributed by atoms with Gasteiger partial charge in [0, 0.05) is 12.2 Å². The molecule has 0 aromatic carbocycles. The molecule has 0 aliphatic carbocycles. The molecule has 1 amide bonds. The maximum absolute atomic E-state index is 12.2. The fourth-order valence-electron chi connectivity index (χ4n) is 1.32. The molecule has 0 fully saturated rings. The van der Waals surface area contributed by atoms with Gasteiger partial charge in [-0.05, 0) is 20.8 Å². The Labute approximate surface area is 138 Å². The number of esters is 1. The fourth-order valence-corrected chi connectivity index (χ4v) is 2.10. The monoisotopic (exact) mass is 350 g/mol. The predicted molar refractivity (Wildman–Crippen MR) is 83.0 cm³/mol. The van der Waals surface area contributed by atoms with Crippen LogP contribution >= 0.6 is 11.8 Å². The molecule has 0 aliphatic rings. The Morgan fingerprint density at radius 2 is 1.91 bits per heavy atom. The smallest absolute Gasteiger partial charge is 0.329 e. The molecular formula is C13H22N2O7S. The molecule has 0 saturated carbocycles. The normalized spacial score (nSPS) is 12.2. The molecular weight excluding hydrogens is 328 g/mol. The molecule has 9 nitrogen and oxygen atoms in total. The lowest BCUT2D eigenvalue weighted by Gasteiger charge is -2.25. The predicted octanol–water partition coefficient (Wildman–Crippen LogP) is 0.939. The standard InChI is InChI=1S/C13H22N2O7S/c1-5-10(16)23-7-9(11(17)21-6-2)14-12(18)13(3,4)8-22-15(19)20/h9H,5-8H2,1-4H3,(H,14,18)/t9-/m0/s1. The largest absolute Gasteiger partial charge is 0.464 e. The third kappa shape index (κ3) is 8.38. The van der Waals surface area contributed by atoms with E-state index in [1.54, 1.807) is 13.8 Å². The van der Waals surface area contributed by atoms with Gasteiger partial charge >= 0.3 is 5.97 Å². The second-order valence-corrected chi connectivity index (χ2v) is 6.27. The molecule has 132 valence electrons. The average Bonchev–Trinajstić information content (AvgIpc) is 2.48. The molecule has 0 aromatic heterocycles. The number of ether oxygens (including phenoxy) is 1. The summed E-state index contributed by atoms with van der Waals surface area (Å²) in [6.07, 6.45) is 0.302. The van der Waals surface area contributed by atoms with Gasteiger partial charge in [-0.1, -0.05) is 18.7 Å². The van der Waals surface area contributed by atoms with Crippen LogP contribution in [0.3, 0.4) is 0 Å². The van der Waals surface area contributed by atoms with Crippen LogP contribution in [0, 0.1) is 15.5 Å². The fraction of sp³-hybridized carbons (Fsp3) is 0.769. The molecule has 0 heterocycles. The van der Waals surface area contributed by atoms with Crippen LogP contribution in [0.1, 0.15) is 34.1 Å². The van der Waals surface area contributed by atoms with Crippen molar-refractivity contribution in [2.75, 3.05) is 19.0 Å². The molecule has 23 heavy (non-hydrogen) atoms. The van der Waals surface area contributed by atoms with Crippen molar-refractivity contribution < 1.29 is 29.0 Å². The molecule has 0 rings (SSSR count). The minimum absolute atomic E-state index is 0.0312. The highest BCUT2D eigenvalue weighted by Gasteiger charge is 2.33. The molecule has 1 N–H and O–H groups in total. The van der Waals surface area contributed by atoms with E-state index in [1.807, 2.05) is 0 Å². The van der Waals surface area contributed by atoms with Gasteiger partial charge in [0.15, 0.2) is 5.12 Å². The average molecular weight is 350 g/mol. The first kappa shape index (κ1) is 21.2. The van der Waals surface area contributed by atoms with Crippen LogP contribution in [-0.4, -0.2) is 47.1 Å². The summed E-state index contributed by atoms with van der Waals surface area (Å²) >= 11 is 0.916. The molecule has 0 aromatic rings. The van der Waals surface area contributed by atoms with Gasteiger partial charge in [-0.25, -0.2) is 4.79 Å². The molecule has 0 aliphatic heterocycles. The number of amides is 1. The maximum Gasteiger partial charge on any atom is 0.329 e. The molecule has 0 radical (unpaired) electrons. The van der Waals surface area contributed by atoms with Crippen LogP contribution < -0.4 is 5.32 Å². The minimum atomic E-state index is -1.22. The number of nitrogens with one attached hydrogen (secondary N) is 1. The Morgan fingerprint density at radius 3 is 2.39 bits per heavy atom. The van der Waals surface area contributed by atoms with E-state index < -0.39 is 35.0 Å². The van der Waals surface area contributed by atoms with Crippen LogP contribution in [-0.2, 0) is 24.0 Å². The molecule has 10 heteroatoms. The third-order valence-corrected chi connectivity index (χ3v) is 3.83. The molecule has 0 bridgehead atoms. The first-order chi connectivity index (χ1) is 10.6. The van der Waals surface area contributed by atoms with Gasteiger partial charge < -0.3 is 14.9 Å². The van der Waals surface area contributed by atoms with Crippen molar-refractivity contribution in [1.82, 2.24) is 5.32 Å². The number of rotatable bonds is 10. The summed E-state index contributed by atoms with van der Waals surface area (Å²) in [7, 11) is 0. The van der Waals surface area contributed by atoms with Crippen LogP contribution in [0.15, 0.2) is 0 Å². The summed E-state index contributed by atoms with van der Waals surface area (Å²) < 4.78 is 4.86. The highest BCUT2D eigenvalue weighted by molar-refractivity contribution is 8.13. The van der Waals surface area contributed by atoms with E-state index in [2.05, 4.69) is 10.2 Å². The number of hydrogen-bond acceptors (Lipinski definition) is 8. The van der Waals surface area contributed by atoms with Gasteiger partial charge in [0.05, 0.1) is 12.0 Å². The van der Waals surface area contributed by atoms with E-state index in [-0.39, 0.29) is 17.5 Å². The summed E-state index contributed by atoms with van der Waals surface area (Å²) in [4.78, 5) is 49.9. The van der Waals surface area contributed by atoms with Crippen molar-refractivity contribution in [3.05, 3.63) is 10.1 Å². The highest BCUT2D eigenvalue weighted by atomic mass is 32.2. The van der Waals surface area contributed by atoms with Crippen LogP contribution in [0.5, 0.6) is 0 Å². The van der Waals surface area contributed by atoms with E-state index >= 15 is 0 Å². The van der Waals surface area contributed by atoms with Gasteiger partial charge in [0.2, 0.25) is 5.91 Å². The Bertz CT molecular complexity index is 454. The topological polar surface area (TPSA) is 125 Å². The first-order valence-electron chi connectivity index (χ1n) is 7.04. The van der Waals surface area contributed by atoms with Crippen molar-refractivity contribution in [3.63, 3.8) is 0 Å². The zero-order valence-corrected chi connectivity index (χ0v) is 14.4. The zero-order chi connectivity index (χ0) is 18.0. The quantitative estimate of drug-likeness (QED) is 0.350. The SMILES string of the molecule is CCOC(=O)[C@H](CSC(=O)CC)NC(=O)C(C)(C)CO[N+](=O)[O-]. The number of carbonyl (C=O) groups excluding carboxylic acids is 3. The van der Waals surface area contributed by atoms with Gasteiger partial charge in [-0.3, -0.25) is 9.59 Å². The van der Waals surface area contributed by atoms with Crippen LogP contribution in [0.2, 0.25) is 0 Å². The van der Waals surface area contributed by atoms with E-state index in [0.29, 0.717) is 6.42 Å². The van der Waals surface area contributed by atoms with Crippen molar-refractivity contribution in [2.24, 2.45) is 5.41 Å². The second-order valence-electron chi connectivity index (χ2n) is 5.20. The Hall–Kier alpha value is -1.84. The maximum atomic E-state index is 12.2. The molecule has 0 saturated heterocycles. The van der Waals surface area contributed by atoms with E-state index in [9.17, 15) is 24.5 Å². The van der Waals surface area contributed by atoms with Gasteiger partial charge in [-0.2, -0.15) is 0 Å². The third-order valence-electron chi connectivity index (χ3n) is 2.72. The van der Waals surface area contributed by atoms with E-state index in [1.165, 1.54) is 13.8 Å². The number of hydrogen-bond donors (Lipinski definition) is 1.